The van der Waals surface area contributed by atoms with Crippen LogP contribution in [0.15, 0.2) is 78.9 Å². The Morgan fingerprint density at radius 2 is 1.39 bits per heavy atom. The molecule has 2 fully saturated rings. The molecule has 36 heavy (non-hydrogen) atoms. The molecule has 2 aliphatic rings. The monoisotopic (exact) mass is 489 g/mol. The van der Waals surface area contributed by atoms with Crippen molar-refractivity contribution in [2.75, 3.05) is 32.7 Å². The van der Waals surface area contributed by atoms with Gasteiger partial charge in [-0.25, -0.2) is 8.78 Å². The highest BCUT2D eigenvalue weighted by Crippen LogP contribution is 2.32. The molecule has 3 aromatic rings. The minimum absolute atomic E-state index is 0.130. The summed E-state index contributed by atoms with van der Waals surface area (Å²) in [5, 5.41) is 3.60. The zero-order chi connectivity index (χ0) is 25.0. The molecule has 1 atom stereocenters. The minimum Gasteiger partial charge on any atom is -0.339 e. The first-order chi connectivity index (χ1) is 17.5. The van der Waals surface area contributed by atoms with Gasteiger partial charge >= 0.3 is 0 Å². The molecular weight excluding hydrogens is 456 g/mol. The number of benzene rings is 3. The van der Waals surface area contributed by atoms with Crippen LogP contribution in [-0.2, 0) is 11.2 Å². The summed E-state index contributed by atoms with van der Waals surface area (Å²) >= 11 is 0. The number of hydrogen-bond donors (Lipinski definition) is 1. The number of nitrogens with zero attached hydrogens (tertiary/aromatic N) is 2. The van der Waals surface area contributed by atoms with Crippen LogP contribution in [-0.4, -0.2) is 54.0 Å². The summed E-state index contributed by atoms with van der Waals surface area (Å²) in [4.78, 5) is 18.2. The fourth-order valence-corrected chi connectivity index (χ4v) is 5.71. The van der Waals surface area contributed by atoms with Gasteiger partial charge in [-0.3, -0.25) is 9.69 Å². The first-order valence-electron chi connectivity index (χ1n) is 12.9. The highest BCUT2D eigenvalue weighted by atomic mass is 19.1. The topological polar surface area (TPSA) is 35.6 Å². The van der Waals surface area contributed by atoms with Gasteiger partial charge in [0.25, 0.3) is 0 Å². The van der Waals surface area contributed by atoms with Gasteiger partial charge in [0, 0.05) is 26.2 Å². The highest BCUT2D eigenvalue weighted by Gasteiger charge is 2.43. The predicted molar refractivity (Wildman–Crippen MR) is 138 cm³/mol. The molecule has 1 N–H and O–H groups in total. The van der Waals surface area contributed by atoms with Crippen molar-refractivity contribution in [2.45, 2.75) is 37.3 Å². The molecule has 2 aliphatic heterocycles. The molecule has 0 bridgehead atoms. The number of rotatable bonds is 6. The molecule has 0 unspecified atom stereocenters. The summed E-state index contributed by atoms with van der Waals surface area (Å²) in [6.45, 7) is 3.47. The molecule has 4 nitrogen and oxygen atoms in total. The quantitative estimate of drug-likeness (QED) is 0.532. The molecule has 0 spiro atoms. The third kappa shape index (κ3) is 5.35. The average molecular weight is 490 g/mol. The summed E-state index contributed by atoms with van der Waals surface area (Å²) < 4.78 is 27.3. The number of piperazine rings is 1. The van der Waals surface area contributed by atoms with Crippen LogP contribution in [0, 0.1) is 11.6 Å². The van der Waals surface area contributed by atoms with E-state index in [0.717, 1.165) is 36.9 Å². The van der Waals surface area contributed by atoms with Crippen molar-refractivity contribution in [2.24, 2.45) is 0 Å². The summed E-state index contributed by atoms with van der Waals surface area (Å²) in [5.41, 5.74) is 2.52. The fourth-order valence-electron chi connectivity index (χ4n) is 5.71. The van der Waals surface area contributed by atoms with Crippen molar-refractivity contribution < 1.29 is 13.6 Å². The molecular formula is C30H33F2N3O. The maximum absolute atomic E-state index is 13.9. The number of hydrogen-bond acceptors (Lipinski definition) is 3. The fraction of sp³-hybridized carbons (Fsp3) is 0.367. The Morgan fingerprint density at radius 1 is 0.806 bits per heavy atom. The zero-order valence-corrected chi connectivity index (χ0v) is 20.5. The molecule has 1 amide bonds. The minimum atomic E-state index is -0.560. The lowest BCUT2D eigenvalue weighted by Crippen LogP contribution is -2.63. The summed E-state index contributed by atoms with van der Waals surface area (Å²) in [6, 6.07) is 23.2. The van der Waals surface area contributed by atoms with Crippen LogP contribution >= 0.6 is 0 Å². The second-order valence-corrected chi connectivity index (χ2v) is 9.96. The first-order valence-corrected chi connectivity index (χ1v) is 12.9. The van der Waals surface area contributed by atoms with E-state index in [4.69, 9.17) is 0 Å². The van der Waals surface area contributed by atoms with Gasteiger partial charge in [0.15, 0.2) is 0 Å². The van der Waals surface area contributed by atoms with Crippen LogP contribution in [0.2, 0.25) is 0 Å². The Bertz CT molecular complexity index is 1090. The summed E-state index contributed by atoms with van der Waals surface area (Å²) in [6.07, 6.45) is 3.67. The SMILES string of the molecule is O=C(N1CCN(C(c2ccc(F)cc2)c2ccc(F)cc2)CC1)[C@@]1(Cc2ccccc2)CCCCN1. The second kappa shape index (κ2) is 10.9. The molecule has 6 heteroatoms. The van der Waals surface area contributed by atoms with Gasteiger partial charge in [-0.05, 0) is 73.2 Å². The van der Waals surface area contributed by atoms with E-state index in [9.17, 15) is 13.6 Å². The number of nitrogens with one attached hydrogen (secondary N) is 1. The van der Waals surface area contributed by atoms with E-state index in [2.05, 4.69) is 22.3 Å². The Balaban J connectivity index is 1.34. The Labute approximate surface area is 211 Å². The Morgan fingerprint density at radius 3 is 1.92 bits per heavy atom. The standard InChI is InChI=1S/C30H33F2N3O/c31-26-12-8-24(9-13-26)28(25-10-14-27(32)15-11-25)34-18-20-35(21-19-34)29(36)30(16-4-5-17-33-30)22-23-6-2-1-3-7-23/h1-3,6-15,28,33H,4-5,16-22H2/t30-/m0/s1. The largest absolute Gasteiger partial charge is 0.339 e. The first kappa shape index (κ1) is 24.6. The van der Waals surface area contributed by atoms with E-state index in [0.29, 0.717) is 32.6 Å². The summed E-state index contributed by atoms with van der Waals surface area (Å²) in [7, 11) is 0. The number of amides is 1. The van der Waals surface area contributed by atoms with E-state index < -0.39 is 5.54 Å². The molecule has 0 radical (unpaired) electrons. The molecule has 3 aromatic carbocycles. The number of carbonyl (C=O) groups excluding carboxylic acids is 1. The smallest absolute Gasteiger partial charge is 0.243 e. The van der Waals surface area contributed by atoms with Gasteiger partial charge in [0.1, 0.15) is 17.2 Å². The number of carbonyl (C=O) groups is 1. The Kier molecular flexibility index (Phi) is 7.44. The highest BCUT2D eigenvalue weighted by molar-refractivity contribution is 5.87. The lowest BCUT2D eigenvalue weighted by Gasteiger charge is -2.45. The van der Waals surface area contributed by atoms with Gasteiger partial charge in [0.2, 0.25) is 5.91 Å². The van der Waals surface area contributed by atoms with Crippen molar-refractivity contribution in [3.63, 3.8) is 0 Å². The Hall–Kier alpha value is -3.09. The molecule has 5 rings (SSSR count). The number of piperidine rings is 1. The van der Waals surface area contributed by atoms with Gasteiger partial charge < -0.3 is 10.2 Å². The maximum Gasteiger partial charge on any atom is 0.243 e. The van der Waals surface area contributed by atoms with E-state index in [1.165, 1.54) is 29.8 Å². The molecule has 2 heterocycles. The molecule has 2 saturated heterocycles. The average Bonchev–Trinajstić information content (AvgIpc) is 2.92. The van der Waals surface area contributed by atoms with Gasteiger partial charge in [-0.15, -0.1) is 0 Å². The van der Waals surface area contributed by atoms with Crippen LogP contribution in [0.1, 0.15) is 42.0 Å². The van der Waals surface area contributed by atoms with Gasteiger partial charge in [-0.2, -0.15) is 0 Å². The van der Waals surface area contributed by atoms with Crippen LogP contribution < -0.4 is 5.32 Å². The van der Waals surface area contributed by atoms with Crippen LogP contribution in [0.5, 0.6) is 0 Å². The summed E-state index contributed by atoms with van der Waals surface area (Å²) in [5.74, 6) is -0.378. The lowest BCUT2D eigenvalue weighted by atomic mass is 9.81. The number of halogens is 2. The van der Waals surface area contributed by atoms with Crippen molar-refractivity contribution in [1.29, 1.82) is 0 Å². The van der Waals surface area contributed by atoms with Gasteiger partial charge in [-0.1, -0.05) is 54.6 Å². The van der Waals surface area contributed by atoms with Crippen LogP contribution in [0.25, 0.3) is 0 Å². The predicted octanol–water partition coefficient (Wildman–Crippen LogP) is 4.95. The van der Waals surface area contributed by atoms with E-state index >= 15 is 0 Å². The van der Waals surface area contributed by atoms with Crippen molar-refractivity contribution in [3.05, 3.63) is 107 Å². The van der Waals surface area contributed by atoms with Gasteiger partial charge in [0.05, 0.1) is 6.04 Å². The molecule has 0 aliphatic carbocycles. The normalized spacial score (nSPS) is 21.0. The van der Waals surface area contributed by atoms with E-state index in [1.54, 1.807) is 24.3 Å². The lowest BCUT2D eigenvalue weighted by molar-refractivity contribution is -0.141. The van der Waals surface area contributed by atoms with Crippen molar-refractivity contribution in [1.82, 2.24) is 15.1 Å². The molecule has 188 valence electrons. The molecule has 0 saturated carbocycles. The third-order valence-electron chi connectivity index (χ3n) is 7.59. The van der Waals surface area contributed by atoms with Crippen LogP contribution in [0.4, 0.5) is 8.78 Å². The zero-order valence-electron chi connectivity index (χ0n) is 20.5. The third-order valence-corrected chi connectivity index (χ3v) is 7.59. The maximum atomic E-state index is 13.9. The van der Waals surface area contributed by atoms with E-state index in [-0.39, 0.29) is 23.6 Å². The van der Waals surface area contributed by atoms with Crippen LogP contribution in [0.3, 0.4) is 0 Å². The molecule has 0 aromatic heterocycles. The van der Waals surface area contributed by atoms with E-state index in [1.807, 2.05) is 23.1 Å². The van der Waals surface area contributed by atoms with Crippen molar-refractivity contribution in [3.8, 4) is 0 Å². The second-order valence-electron chi connectivity index (χ2n) is 9.96. The van der Waals surface area contributed by atoms with Crippen molar-refractivity contribution >= 4 is 5.91 Å².